The maximum absolute atomic E-state index is 4.82. The second-order valence-corrected chi connectivity index (χ2v) is 8.79. The normalized spacial score (nSPS) is 14.6. The molecule has 0 aliphatic carbocycles. The van der Waals surface area contributed by atoms with Crippen molar-refractivity contribution < 1.29 is 0 Å². The molecule has 170 valence electrons. The first-order valence-corrected chi connectivity index (χ1v) is 11.6. The lowest BCUT2D eigenvalue weighted by Crippen LogP contribution is -2.35. The quantitative estimate of drug-likeness (QED) is 0.397. The van der Waals surface area contributed by atoms with E-state index in [2.05, 4.69) is 64.1 Å². The zero-order valence-corrected chi connectivity index (χ0v) is 19.1. The average molecular weight is 443 g/mol. The Labute approximate surface area is 193 Å². The number of hydrogen-bond donors (Lipinski definition) is 3. The van der Waals surface area contributed by atoms with Gasteiger partial charge in [0.1, 0.15) is 0 Å². The molecule has 1 saturated heterocycles. The van der Waals surface area contributed by atoms with Gasteiger partial charge in [0.15, 0.2) is 5.65 Å². The molecule has 33 heavy (non-hydrogen) atoms. The summed E-state index contributed by atoms with van der Waals surface area (Å²) in [5, 5.41) is 15.0. The highest BCUT2D eigenvalue weighted by Crippen LogP contribution is 2.23. The molecule has 4 heterocycles. The Morgan fingerprint density at radius 2 is 1.88 bits per heavy atom. The van der Waals surface area contributed by atoms with E-state index >= 15 is 0 Å². The number of anilines is 2. The number of nitrogens with one attached hydrogen (secondary N) is 3. The van der Waals surface area contributed by atoms with Crippen LogP contribution < -0.4 is 16.0 Å². The standard InChI is InChI=1S/C25H30N8/c1-17(2)21-16-29-33-23(21)31-24(30-20-10-13-26-14-11-20)32-25(33)28-15-18-6-8-19(9-7-18)22-5-3-4-12-27-22/h3-9,12,16-17,20,26H,10-11,13-15H2,1-2H3,(H2,28,30,31,32). The lowest BCUT2D eigenvalue weighted by Gasteiger charge is -2.24. The lowest BCUT2D eigenvalue weighted by atomic mass is 10.1. The van der Waals surface area contributed by atoms with Crippen molar-refractivity contribution in [3.8, 4) is 11.3 Å². The fourth-order valence-corrected chi connectivity index (χ4v) is 4.14. The first-order valence-electron chi connectivity index (χ1n) is 11.6. The van der Waals surface area contributed by atoms with Crippen molar-refractivity contribution >= 4 is 17.5 Å². The van der Waals surface area contributed by atoms with Crippen molar-refractivity contribution in [3.05, 3.63) is 66.0 Å². The monoisotopic (exact) mass is 442 g/mol. The van der Waals surface area contributed by atoms with Crippen molar-refractivity contribution in [2.45, 2.75) is 45.2 Å². The average Bonchev–Trinajstić information content (AvgIpc) is 3.29. The van der Waals surface area contributed by atoms with Gasteiger partial charge in [-0.3, -0.25) is 4.98 Å². The van der Waals surface area contributed by atoms with Gasteiger partial charge in [-0.15, -0.1) is 0 Å². The number of benzene rings is 1. The molecule has 0 bridgehead atoms. The van der Waals surface area contributed by atoms with Crippen LogP contribution in [0.4, 0.5) is 11.9 Å². The summed E-state index contributed by atoms with van der Waals surface area (Å²) in [6.07, 6.45) is 5.85. The molecule has 0 spiro atoms. The van der Waals surface area contributed by atoms with Crippen molar-refractivity contribution in [1.82, 2.24) is 29.9 Å². The zero-order chi connectivity index (χ0) is 22.6. The summed E-state index contributed by atoms with van der Waals surface area (Å²) in [4.78, 5) is 14.0. The van der Waals surface area contributed by atoms with Crippen molar-refractivity contribution in [2.24, 2.45) is 0 Å². The van der Waals surface area contributed by atoms with E-state index in [-0.39, 0.29) is 0 Å². The molecular weight excluding hydrogens is 412 g/mol. The Bertz CT molecular complexity index is 1190. The van der Waals surface area contributed by atoms with E-state index in [1.54, 1.807) is 0 Å². The molecule has 0 unspecified atom stereocenters. The fourth-order valence-electron chi connectivity index (χ4n) is 4.14. The van der Waals surface area contributed by atoms with Crippen LogP contribution in [0.5, 0.6) is 0 Å². The third-order valence-corrected chi connectivity index (χ3v) is 6.05. The van der Waals surface area contributed by atoms with Gasteiger partial charge in [-0.25, -0.2) is 0 Å². The van der Waals surface area contributed by atoms with E-state index in [1.807, 2.05) is 35.1 Å². The molecule has 1 aliphatic rings. The van der Waals surface area contributed by atoms with E-state index in [1.165, 1.54) is 0 Å². The minimum atomic E-state index is 0.330. The summed E-state index contributed by atoms with van der Waals surface area (Å²) in [7, 11) is 0. The summed E-state index contributed by atoms with van der Waals surface area (Å²) in [5.74, 6) is 1.68. The van der Waals surface area contributed by atoms with Crippen LogP contribution in [0.25, 0.3) is 16.9 Å². The van der Waals surface area contributed by atoms with E-state index in [4.69, 9.17) is 9.97 Å². The number of hydrogen-bond acceptors (Lipinski definition) is 7. The molecule has 3 N–H and O–H groups in total. The van der Waals surface area contributed by atoms with Crippen molar-refractivity contribution in [2.75, 3.05) is 23.7 Å². The summed E-state index contributed by atoms with van der Waals surface area (Å²) < 4.78 is 1.81. The van der Waals surface area contributed by atoms with Crippen molar-refractivity contribution in [3.63, 3.8) is 0 Å². The van der Waals surface area contributed by atoms with Gasteiger partial charge >= 0.3 is 0 Å². The highest BCUT2D eigenvalue weighted by Gasteiger charge is 2.18. The van der Waals surface area contributed by atoms with Crippen LogP contribution in [0.1, 0.15) is 43.7 Å². The molecule has 1 aliphatic heterocycles. The van der Waals surface area contributed by atoms with Crippen LogP contribution in [0.15, 0.2) is 54.9 Å². The molecule has 0 saturated carbocycles. The number of piperidine rings is 1. The summed E-state index contributed by atoms with van der Waals surface area (Å²) in [6.45, 7) is 7.00. The number of aromatic nitrogens is 5. The van der Waals surface area contributed by atoms with Crippen molar-refractivity contribution in [1.29, 1.82) is 0 Å². The number of nitrogens with zero attached hydrogens (tertiary/aromatic N) is 5. The first-order chi connectivity index (χ1) is 16.2. The molecular formula is C25H30N8. The number of rotatable bonds is 7. The number of fused-ring (bicyclic) bond motifs is 1. The van der Waals surface area contributed by atoms with Gasteiger partial charge < -0.3 is 16.0 Å². The Morgan fingerprint density at radius 3 is 2.61 bits per heavy atom. The lowest BCUT2D eigenvalue weighted by molar-refractivity contribution is 0.477. The fraction of sp³-hybridized carbons (Fsp3) is 0.360. The number of pyridine rings is 1. The predicted octanol–water partition coefficient (Wildman–Crippen LogP) is 4.09. The van der Waals surface area contributed by atoms with Gasteiger partial charge in [-0.1, -0.05) is 44.2 Å². The molecule has 8 heteroatoms. The molecule has 5 rings (SSSR count). The highest BCUT2D eigenvalue weighted by atomic mass is 15.4. The molecule has 0 radical (unpaired) electrons. The van der Waals surface area contributed by atoms with Gasteiger partial charge in [-0.2, -0.15) is 19.6 Å². The zero-order valence-electron chi connectivity index (χ0n) is 19.1. The highest BCUT2D eigenvalue weighted by molar-refractivity contribution is 5.59. The molecule has 1 fully saturated rings. The minimum absolute atomic E-state index is 0.330. The van der Waals surface area contributed by atoms with Gasteiger partial charge in [-0.05, 0) is 49.5 Å². The topological polar surface area (TPSA) is 92.1 Å². The molecule has 0 amide bonds. The Kier molecular flexibility index (Phi) is 6.17. The SMILES string of the molecule is CC(C)c1cnn2c(NCc3ccc(-c4ccccn4)cc3)nc(NC3CCNCC3)nc12. The molecule has 1 aromatic carbocycles. The van der Waals surface area contributed by atoms with Gasteiger partial charge in [0.05, 0.1) is 11.9 Å². The molecule has 0 atom stereocenters. The molecule has 4 aromatic rings. The largest absolute Gasteiger partial charge is 0.351 e. The second-order valence-electron chi connectivity index (χ2n) is 8.79. The van der Waals surface area contributed by atoms with Gasteiger partial charge in [0.2, 0.25) is 11.9 Å². The smallest absolute Gasteiger partial charge is 0.229 e. The van der Waals surface area contributed by atoms with Crippen LogP contribution >= 0.6 is 0 Å². The third-order valence-electron chi connectivity index (χ3n) is 6.05. The van der Waals surface area contributed by atoms with Crippen LogP contribution in [0.3, 0.4) is 0 Å². The van der Waals surface area contributed by atoms with Gasteiger partial charge in [0.25, 0.3) is 0 Å². The minimum Gasteiger partial charge on any atom is -0.351 e. The Hall–Kier alpha value is -3.52. The Morgan fingerprint density at radius 1 is 1.06 bits per heavy atom. The van der Waals surface area contributed by atoms with E-state index in [0.717, 1.165) is 54.0 Å². The third kappa shape index (κ3) is 4.80. The molecule has 3 aromatic heterocycles. The summed E-state index contributed by atoms with van der Waals surface area (Å²) >= 11 is 0. The van der Waals surface area contributed by atoms with Crippen LogP contribution in [-0.4, -0.2) is 43.7 Å². The second kappa shape index (κ2) is 9.54. The van der Waals surface area contributed by atoms with Crippen LogP contribution in [-0.2, 0) is 6.54 Å². The summed E-state index contributed by atoms with van der Waals surface area (Å²) in [5.41, 5.74) is 5.20. The van der Waals surface area contributed by atoms with E-state index in [9.17, 15) is 0 Å². The van der Waals surface area contributed by atoms with E-state index in [0.29, 0.717) is 30.4 Å². The first kappa shape index (κ1) is 21.3. The molecule has 8 nitrogen and oxygen atoms in total. The van der Waals surface area contributed by atoms with Crippen LogP contribution in [0, 0.1) is 0 Å². The van der Waals surface area contributed by atoms with Crippen LogP contribution in [0.2, 0.25) is 0 Å². The maximum atomic E-state index is 4.82. The predicted molar refractivity (Wildman–Crippen MR) is 131 cm³/mol. The summed E-state index contributed by atoms with van der Waals surface area (Å²) in [6, 6.07) is 14.8. The Balaban J connectivity index is 1.38. The van der Waals surface area contributed by atoms with Gasteiger partial charge in [0, 0.05) is 29.9 Å². The van der Waals surface area contributed by atoms with E-state index < -0.39 is 0 Å². The maximum Gasteiger partial charge on any atom is 0.229 e.